The summed E-state index contributed by atoms with van der Waals surface area (Å²) in [4.78, 5) is 9.90. The Morgan fingerprint density at radius 3 is 3.08 bits per heavy atom. The molecule has 1 saturated heterocycles. The van der Waals surface area contributed by atoms with Gasteiger partial charge in [0.15, 0.2) is 0 Å². The lowest BCUT2D eigenvalue weighted by molar-refractivity contribution is -0.109. The normalized spacial score (nSPS) is 22.5. The highest BCUT2D eigenvalue weighted by atomic mass is 16.1. The van der Waals surface area contributed by atoms with Crippen LogP contribution >= 0.6 is 0 Å². The second-order valence-electron chi connectivity index (χ2n) is 3.36. The first-order chi connectivity index (χ1) is 5.93. The van der Waals surface area contributed by atoms with Crippen molar-refractivity contribution in [2.45, 2.75) is 38.1 Å². The zero-order valence-electron chi connectivity index (χ0n) is 7.51. The number of hydrogen-bond acceptors (Lipinski definition) is 2. The molecule has 1 atom stereocenters. The van der Waals surface area contributed by atoms with Gasteiger partial charge in [-0.2, -0.15) is 0 Å². The maximum atomic E-state index is 9.90. The molecule has 0 aromatic carbocycles. The fraction of sp³-hybridized carbons (Fsp3) is 0.889. The van der Waals surface area contributed by atoms with Crippen LogP contribution in [0, 0.1) is 0 Å². The van der Waals surface area contributed by atoms with Crippen molar-refractivity contribution >= 4 is 6.41 Å². The molecule has 0 spiro atoms. The van der Waals surface area contributed by atoms with Gasteiger partial charge in [-0.3, -0.25) is 4.79 Å². The molecule has 70 valence electrons. The van der Waals surface area contributed by atoms with Gasteiger partial charge in [0.2, 0.25) is 6.41 Å². The zero-order valence-corrected chi connectivity index (χ0v) is 7.51. The molecular formula is C9H18N2O. The quantitative estimate of drug-likeness (QED) is 0.454. The molecule has 0 saturated carbocycles. The first kappa shape index (κ1) is 9.52. The third-order valence-corrected chi connectivity index (χ3v) is 2.37. The largest absolute Gasteiger partial charge is 0.359 e. The van der Waals surface area contributed by atoms with Crippen LogP contribution in [0.1, 0.15) is 32.1 Å². The molecule has 0 radical (unpaired) electrons. The van der Waals surface area contributed by atoms with Crippen molar-refractivity contribution in [3.8, 4) is 0 Å². The maximum Gasteiger partial charge on any atom is 0.207 e. The SMILES string of the molecule is O=CNCCCCC1CCCN1. The maximum absolute atomic E-state index is 9.90. The number of hydrogen-bond donors (Lipinski definition) is 2. The molecule has 1 fully saturated rings. The molecule has 1 heterocycles. The Morgan fingerprint density at radius 1 is 1.50 bits per heavy atom. The van der Waals surface area contributed by atoms with Gasteiger partial charge in [-0.1, -0.05) is 6.42 Å². The standard InChI is InChI=1S/C9H18N2O/c12-8-10-6-2-1-4-9-5-3-7-11-9/h8-9,11H,1-7H2,(H,10,12). The van der Waals surface area contributed by atoms with E-state index in [4.69, 9.17) is 0 Å². The topological polar surface area (TPSA) is 41.1 Å². The Kier molecular flexibility index (Phi) is 4.76. The average molecular weight is 170 g/mol. The van der Waals surface area contributed by atoms with Crippen molar-refractivity contribution in [2.24, 2.45) is 0 Å². The number of rotatable bonds is 6. The Morgan fingerprint density at radius 2 is 2.42 bits per heavy atom. The third-order valence-electron chi connectivity index (χ3n) is 2.37. The number of unbranched alkanes of at least 4 members (excludes halogenated alkanes) is 1. The predicted octanol–water partition coefficient (Wildman–Crippen LogP) is 0.655. The molecule has 0 aromatic heterocycles. The zero-order chi connectivity index (χ0) is 8.65. The molecule has 0 aliphatic carbocycles. The van der Waals surface area contributed by atoms with Crippen LogP contribution in [0.15, 0.2) is 0 Å². The van der Waals surface area contributed by atoms with Crippen LogP contribution in [0.3, 0.4) is 0 Å². The van der Waals surface area contributed by atoms with Crippen molar-refractivity contribution in [3.63, 3.8) is 0 Å². The van der Waals surface area contributed by atoms with Crippen LogP contribution in [0.4, 0.5) is 0 Å². The Labute approximate surface area is 73.9 Å². The van der Waals surface area contributed by atoms with E-state index in [1.54, 1.807) is 0 Å². The molecule has 2 N–H and O–H groups in total. The summed E-state index contributed by atoms with van der Waals surface area (Å²) in [5, 5.41) is 6.13. The monoisotopic (exact) mass is 170 g/mol. The van der Waals surface area contributed by atoms with Crippen LogP contribution in [-0.2, 0) is 4.79 Å². The summed E-state index contributed by atoms with van der Waals surface area (Å²) in [5.74, 6) is 0. The van der Waals surface area contributed by atoms with Crippen LogP contribution in [0.5, 0.6) is 0 Å². The predicted molar refractivity (Wildman–Crippen MR) is 48.9 cm³/mol. The minimum atomic E-state index is 0.751. The van der Waals surface area contributed by atoms with E-state index in [1.807, 2.05) is 0 Å². The van der Waals surface area contributed by atoms with E-state index in [2.05, 4.69) is 10.6 Å². The highest BCUT2D eigenvalue weighted by molar-refractivity contribution is 5.45. The van der Waals surface area contributed by atoms with Crippen LogP contribution in [-0.4, -0.2) is 25.5 Å². The number of carbonyl (C=O) groups excluding carboxylic acids is 1. The molecular weight excluding hydrogens is 152 g/mol. The molecule has 3 nitrogen and oxygen atoms in total. The summed E-state index contributed by atoms with van der Waals surface area (Å²) in [6.07, 6.45) is 7.03. The molecule has 1 amide bonds. The summed E-state index contributed by atoms with van der Waals surface area (Å²) in [6.45, 7) is 2.02. The first-order valence-electron chi connectivity index (χ1n) is 4.84. The van der Waals surface area contributed by atoms with Gasteiger partial charge >= 0.3 is 0 Å². The van der Waals surface area contributed by atoms with E-state index in [-0.39, 0.29) is 0 Å². The highest BCUT2D eigenvalue weighted by Gasteiger charge is 2.12. The van der Waals surface area contributed by atoms with E-state index >= 15 is 0 Å². The van der Waals surface area contributed by atoms with Gasteiger partial charge in [0.1, 0.15) is 0 Å². The van der Waals surface area contributed by atoms with Gasteiger partial charge in [-0.15, -0.1) is 0 Å². The van der Waals surface area contributed by atoms with Crippen molar-refractivity contribution in [3.05, 3.63) is 0 Å². The van der Waals surface area contributed by atoms with Crippen LogP contribution in [0.25, 0.3) is 0 Å². The van der Waals surface area contributed by atoms with Crippen molar-refractivity contribution in [1.29, 1.82) is 0 Å². The van der Waals surface area contributed by atoms with Gasteiger partial charge in [0.25, 0.3) is 0 Å². The van der Waals surface area contributed by atoms with E-state index in [9.17, 15) is 4.79 Å². The van der Waals surface area contributed by atoms with Gasteiger partial charge in [-0.05, 0) is 32.2 Å². The van der Waals surface area contributed by atoms with Crippen molar-refractivity contribution in [1.82, 2.24) is 10.6 Å². The molecule has 0 aromatic rings. The average Bonchev–Trinajstić information content (AvgIpc) is 2.57. The molecule has 1 aliphatic rings. The second kappa shape index (κ2) is 6.00. The minimum absolute atomic E-state index is 0.751. The Hall–Kier alpha value is -0.570. The van der Waals surface area contributed by atoms with Crippen molar-refractivity contribution < 1.29 is 4.79 Å². The number of amides is 1. The summed E-state index contributed by atoms with van der Waals surface area (Å²) in [7, 11) is 0. The number of carbonyl (C=O) groups is 1. The van der Waals surface area contributed by atoms with Crippen LogP contribution in [0.2, 0.25) is 0 Å². The minimum Gasteiger partial charge on any atom is -0.359 e. The lowest BCUT2D eigenvalue weighted by Gasteiger charge is -2.08. The smallest absolute Gasteiger partial charge is 0.207 e. The van der Waals surface area contributed by atoms with E-state index in [0.29, 0.717) is 0 Å². The molecule has 1 aliphatic heterocycles. The first-order valence-corrected chi connectivity index (χ1v) is 4.84. The van der Waals surface area contributed by atoms with Gasteiger partial charge in [0, 0.05) is 12.6 Å². The molecule has 12 heavy (non-hydrogen) atoms. The Balaban J connectivity index is 1.84. The van der Waals surface area contributed by atoms with Gasteiger partial charge < -0.3 is 10.6 Å². The molecule has 1 unspecified atom stereocenters. The summed E-state index contributed by atoms with van der Waals surface area (Å²) in [5.41, 5.74) is 0. The summed E-state index contributed by atoms with van der Waals surface area (Å²) >= 11 is 0. The third kappa shape index (κ3) is 3.72. The summed E-state index contributed by atoms with van der Waals surface area (Å²) in [6, 6.07) is 0.751. The fourth-order valence-corrected chi connectivity index (χ4v) is 1.68. The van der Waals surface area contributed by atoms with Gasteiger partial charge in [-0.25, -0.2) is 0 Å². The van der Waals surface area contributed by atoms with Crippen molar-refractivity contribution in [2.75, 3.05) is 13.1 Å². The van der Waals surface area contributed by atoms with E-state index in [1.165, 1.54) is 32.2 Å². The summed E-state index contributed by atoms with van der Waals surface area (Å²) < 4.78 is 0. The second-order valence-corrected chi connectivity index (χ2v) is 3.36. The molecule has 3 heteroatoms. The fourth-order valence-electron chi connectivity index (χ4n) is 1.68. The Bertz CT molecular complexity index is 122. The van der Waals surface area contributed by atoms with E-state index < -0.39 is 0 Å². The van der Waals surface area contributed by atoms with Gasteiger partial charge in [0.05, 0.1) is 0 Å². The van der Waals surface area contributed by atoms with E-state index in [0.717, 1.165) is 25.4 Å². The number of nitrogens with one attached hydrogen (secondary N) is 2. The lowest BCUT2D eigenvalue weighted by atomic mass is 10.1. The highest BCUT2D eigenvalue weighted by Crippen LogP contribution is 2.11. The van der Waals surface area contributed by atoms with Crippen LogP contribution < -0.4 is 10.6 Å². The lowest BCUT2D eigenvalue weighted by Crippen LogP contribution is -2.21. The molecule has 0 bridgehead atoms. The molecule has 1 rings (SSSR count).